The molecule has 3 aromatic heterocycles. The molecule has 0 unspecified atom stereocenters. The molecule has 14 heteroatoms. The Kier molecular flexibility index (Phi) is 8.06. The maximum Gasteiger partial charge on any atom is 0.410 e. The minimum atomic E-state index is -4.45. The van der Waals surface area contributed by atoms with E-state index in [1.54, 1.807) is 17.3 Å². The molecule has 0 saturated carbocycles. The molecule has 0 bridgehead atoms. The lowest BCUT2D eigenvalue weighted by molar-refractivity contribution is 0.0240. The van der Waals surface area contributed by atoms with E-state index in [4.69, 9.17) is 9.47 Å². The Balaban J connectivity index is 1.43. The second kappa shape index (κ2) is 11.6. The summed E-state index contributed by atoms with van der Waals surface area (Å²) in [4.78, 5) is 28.7. The second-order valence-corrected chi connectivity index (χ2v) is 12.5. The maximum atomic E-state index is 14.3. The number of hydrogen-bond acceptors (Lipinski definition) is 9. The van der Waals surface area contributed by atoms with Gasteiger partial charge >= 0.3 is 6.09 Å². The lowest BCUT2D eigenvalue weighted by Crippen LogP contribution is -2.50. The zero-order valence-corrected chi connectivity index (χ0v) is 24.8. The van der Waals surface area contributed by atoms with Crippen molar-refractivity contribution in [2.24, 2.45) is 0 Å². The van der Waals surface area contributed by atoms with Crippen LogP contribution in [-0.4, -0.2) is 73.3 Å². The number of nitrogens with zero attached hydrogens (tertiary/aromatic N) is 5. The van der Waals surface area contributed by atoms with Crippen molar-refractivity contribution in [1.29, 1.82) is 0 Å². The van der Waals surface area contributed by atoms with Crippen LogP contribution in [-0.2, 0) is 14.8 Å². The molecule has 1 N–H and O–H groups in total. The highest BCUT2D eigenvalue weighted by atomic mass is 32.2. The third-order valence-electron chi connectivity index (χ3n) is 6.65. The molecule has 1 saturated heterocycles. The Morgan fingerprint density at radius 1 is 0.953 bits per heavy atom. The lowest BCUT2D eigenvalue weighted by Gasteiger charge is -2.37. The number of carbonyl (C=O) groups excluding carboxylic acids is 1. The fourth-order valence-corrected chi connectivity index (χ4v) is 5.75. The van der Waals surface area contributed by atoms with Gasteiger partial charge in [-0.3, -0.25) is 4.72 Å². The molecule has 0 radical (unpaired) electrons. The van der Waals surface area contributed by atoms with E-state index in [0.29, 0.717) is 49.0 Å². The van der Waals surface area contributed by atoms with Gasteiger partial charge in [-0.25, -0.2) is 36.9 Å². The van der Waals surface area contributed by atoms with Gasteiger partial charge in [0.2, 0.25) is 5.88 Å². The van der Waals surface area contributed by atoms with Gasteiger partial charge in [-0.15, -0.1) is 0 Å². The number of pyridine rings is 3. The van der Waals surface area contributed by atoms with Crippen molar-refractivity contribution in [1.82, 2.24) is 19.9 Å². The Hall–Kier alpha value is -4.59. The zero-order chi connectivity index (χ0) is 30.9. The largest absolute Gasteiger partial charge is 0.480 e. The predicted octanol–water partition coefficient (Wildman–Crippen LogP) is 4.84. The van der Waals surface area contributed by atoms with Crippen molar-refractivity contribution in [3.63, 3.8) is 0 Å². The van der Waals surface area contributed by atoms with Crippen LogP contribution >= 0.6 is 0 Å². The van der Waals surface area contributed by atoms with Gasteiger partial charge in [0.1, 0.15) is 27.8 Å². The van der Waals surface area contributed by atoms with Crippen LogP contribution in [0.1, 0.15) is 20.8 Å². The molecular formula is C29H30F2N6O5S. The SMILES string of the molecule is COc1ncc(-c2cnc3nccc(N4CCN(C(=O)OC(C)(C)C)CC4)c3c2)cc1NS(=O)(=O)c1ccc(F)cc1F. The molecule has 0 atom stereocenters. The van der Waals surface area contributed by atoms with Gasteiger partial charge in [0.05, 0.1) is 7.11 Å². The summed E-state index contributed by atoms with van der Waals surface area (Å²) in [6.07, 6.45) is 4.39. The van der Waals surface area contributed by atoms with Crippen LogP contribution < -0.4 is 14.4 Å². The highest BCUT2D eigenvalue weighted by Gasteiger charge is 2.27. The first-order valence-corrected chi connectivity index (χ1v) is 14.8. The van der Waals surface area contributed by atoms with Crippen LogP contribution in [0.4, 0.5) is 25.0 Å². The highest BCUT2D eigenvalue weighted by molar-refractivity contribution is 7.92. The molecule has 4 aromatic rings. The molecule has 43 heavy (non-hydrogen) atoms. The molecular weight excluding hydrogens is 582 g/mol. The summed E-state index contributed by atoms with van der Waals surface area (Å²) >= 11 is 0. The first-order valence-electron chi connectivity index (χ1n) is 13.3. The molecule has 1 amide bonds. The number of carbonyl (C=O) groups is 1. The number of ether oxygens (including phenoxy) is 2. The Bertz CT molecular complexity index is 1790. The van der Waals surface area contributed by atoms with Crippen molar-refractivity contribution in [3.8, 4) is 17.0 Å². The number of sulfonamides is 1. The normalized spacial score (nSPS) is 14.1. The van der Waals surface area contributed by atoms with Crippen molar-refractivity contribution in [2.45, 2.75) is 31.3 Å². The molecule has 4 heterocycles. The van der Waals surface area contributed by atoms with E-state index in [-0.39, 0.29) is 17.7 Å². The number of anilines is 2. The molecule has 5 rings (SSSR count). The van der Waals surface area contributed by atoms with Crippen molar-refractivity contribution in [2.75, 3.05) is 42.9 Å². The average molecular weight is 613 g/mol. The highest BCUT2D eigenvalue weighted by Crippen LogP contribution is 2.33. The van der Waals surface area contributed by atoms with E-state index in [1.165, 1.54) is 19.4 Å². The fraction of sp³-hybridized carbons (Fsp3) is 0.310. The first kappa shape index (κ1) is 29.9. The second-order valence-electron chi connectivity index (χ2n) is 10.8. The Labute approximate surface area is 247 Å². The summed E-state index contributed by atoms with van der Waals surface area (Å²) in [5, 5.41) is 0.747. The van der Waals surface area contributed by atoms with Crippen LogP contribution in [0.3, 0.4) is 0 Å². The van der Waals surface area contributed by atoms with Crippen LogP contribution in [0.2, 0.25) is 0 Å². The molecule has 1 aliphatic heterocycles. The van der Waals surface area contributed by atoms with Gasteiger partial charge in [-0.2, -0.15) is 0 Å². The third-order valence-corrected chi connectivity index (χ3v) is 8.05. The van der Waals surface area contributed by atoms with E-state index < -0.39 is 32.2 Å². The lowest BCUT2D eigenvalue weighted by atomic mass is 10.1. The van der Waals surface area contributed by atoms with Crippen LogP contribution in [0.15, 0.2) is 59.9 Å². The zero-order valence-electron chi connectivity index (χ0n) is 24.0. The molecule has 1 fully saturated rings. The topological polar surface area (TPSA) is 127 Å². The summed E-state index contributed by atoms with van der Waals surface area (Å²) < 4.78 is 66.6. The smallest absolute Gasteiger partial charge is 0.410 e. The molecule has 226 valence electrons. The van der Waals surface area contributed by atoms with Gasteiger partial charge in [-0.1, -0.05) is 0 Å². The van der Waals surface area contributed by atoms with E-state index in [0.717, 1.165) is 23.2 Å². The first-order chi connectivity index (χ1) is 20.3. The number of benzene rings is 1. The number of methoxy groups -OCH3 is 1. The van der Waals surface area contributed by atoms with E-state index in [9.17, 15) is 22.0 Å². The van der Waals surface area contributed by atoms with Gasteiger partial charge < -0.3 is 19.3 Å². The summed E-state index contributed by atoms with van der Waals surface area (Å²) in [6.45, 7) is 7.58. The van der Waals surface area contributed by atoms with Crippen molar-refractivity contribution >= 4 is 38.5 Å². The molecule has 11 nitrogen and oxygen atoms in total. The number of aromatic nitrogens is 3. The van der Waals surface area contributed by atoms with Gasteiger partial charge in [-0.05, 0) is 51.1 Å². The minimum Gasteiger partial charge on any atom is -0.480 e. The van der Waals surface area contributed by atoms with Crippen LogP contribution in [0.25, 0.3) is 22.2 Å². The Morgan fingerprint density at radius 2 is 1.65 bits per heavy atom. The quantitative estimate of drug-likeness (QED) is 0.326. The summed E-state index contributed by atoms with van der Waals surface area (Å²) in [5.74, 6) is -2.18. The number of amides is 1. The standard InChI is InChI=1S/C29H30F2N6O5S/c1-29(2,3)42-28(38)37-11-9-36(10-12-37)24-7-8-32-26-21(24)13-18(16-33-26)19-14-23(27(41-4)34-17-19)35-43(39,40)25-6-5-20(30)15-22(25)31/h5-8,13-17,35H,9-12H2,1-4H3. The number of halogens is 2. The number of hydrogen-bond donors (Lipinski definition) is 1. The maximum absolute atomic E-state index is 14.3. The molecule has 1 aliphatic rings. The molecule has 0 aliphatic carbocycles. The third kappa shape index (κ3) is 6.58. The average Bonchev–Trinajstić information content (AvgIpc) is 2.95. The van der Waals surface area contributed by atoms with Crippen molar-refractivity contribution < 1.29 is 31.5 Å². The number of rotatable bonds is 6. The molecule has 0 spiro atoms. The van der Waals surface area contributed by atoms with Gasteiger partial charge in [0.15, 0.2) is 5.65 Å². The monoisotopic (exact) mass is 612 g/mol. The summed E-state index contributed by atoms with van der Waals surface area (Å²) in [6, 6.07) is 7.42. The fourth-order valence-electron chi connectivity index (χ4n) is 4.65. The minimum absolute atomic E-state index is 0.0474. The van der Waals surface area contributed by atoms with Crippen molar-refractivity contribution in [3.05, 3.63) is 66.6 Å². The predicted molar refractivity (Wildman–Crippen MR) is 157 cm³/mol. The van der Waals surface area contributed by atoms with Gasteiger partial charge in [0.25, 0.3) is 10.0 Å². The summed E-state index contributed by atoms with van der Waals surface area (Å²) in [5.41, 5.74) is 1.86. The molecule has 1 aromatic carbocycles. The summed E-state index contributed by atoms with van der Waals surface area (Å²) in [7, 11) is -3.13. The van der Waals surface area contributed by atoms with Crippen LogP contribution in [0, 0.1) is 11.6 Å². The van der Waals surface area contributed by atoms with E-state index in [1.807, 2.05) is 32.9 Å². The number of nitrogens with one attached hydrogen (secondary N) is 1. The van der Waals surface area contributed by atoms with Crippen LogP contribution in [0.5, 0.6) is 5.88 Å². The van der Waals surface area contributed by atoms with E-state index in [2.05, 4.69) is 24.6 Å². The van der Waals surface area contributed by atoms with Gasteiger partial charge in [0, 0.05) is 73.0 Å². The number of fused-ring (bicyclic) bond motifs is 1. The number of piperazine rings is 1. The Morgan fingerprint density at radius 3 is 2.33 bits per heavy atom. The van der Waals surface area contributed by atoms with E-state index >= 15 is 0 Å².